The molecule has 2 atom stereocenters. The van der Waals surface area contributed by atoms with Gasteiger partial charge in [0.1, 0.15) is 21.9 Å². The third kappa shape index (κ3) is 2.84. The predicted molar refractivity (Wildman–Crippen MR) is 87.9 cm³/mol. The number of fused-ring (bicyclic) bond motifs is 1. The van der Waals surface area contributed by atoms with Gasteiger partial charge in [-0.1, -0.05) is 6.92 Å². The van der Waals surface area contributed by atoms with E-state index >= 15 is 0 Å². The fourth-order valence-corrected chi connectivity index (χ4v) is 2.32. The van der Waals surface area contributed by atoms with Crippen molar-refractivity contribution >= 4 is 22.8 Å². The van der Waals surface area contributed by atoms with Crippen LogP contribution in [0.3, 0.4) is 0 Å². The average molecular weight is 322 g/mol. The number of aromatic amines is 1. The van der Waals surface area contributed by atoms with Crippen LogP contribution in [0.2, 0.25) is 0 Å². The molecule has 7 heteroatoms. The van der Waals surface area contributed by atoms with Gasteiger partial charge < -0.3 is 19.6 Å². The van der Waals surface area contributed by atoms with Gasteiger partial charge in [-0.25, -0.2) is 16.5 Å². The highest BCUT2D eigenvalue weighted by Gasteiger charge is 2.33. The van der Waals surface area contributed by atoms with Gasteiger partial charge in [0, 0.05) is 33.0 Å². The Morgan fingerprint density at radius 3 is 3.43 bits per heavy atom. The fourth-order valence-electron chi connectivity index (χ4n) is 2.32. The van der Waals surface area contributed by atoms with Gasteiger partial charge in [-0.3, -0.25) is 4.79 Å². The molecule has 23 heavy (non-hydrogen) atoms. The quantitative estimate of drug-likeness (QED) is 0.871. The Bertz CT molecular complexity index is 1120. The number of H-pyrrole nitrogens is 1. The molecule has 1 fully saturated rings. The smallest absolute Gasteiger partial charge is 0.302 e. The number of anilines is 1. The Morgan fingerprint density at radius 2 is 2.65 bits per heavy atom. The summed E-state index contributed by atoms with van der Waals surface area (Å²) in [7, 11) is 0. The molecular weight excluding hydrogens is 292 g/mol. The maximum absolute atomic E-state index is 12.8. The first kappa shape index (κ1) is 7.30. The number of likely N-dealkylation sites (tertiary alicyclic amines) is 1. The number of aromatic nitrogens is 3. The molecular formula is C16H20N6O. The number of hydrogen-bond donors (Lipinski definition) is 1. The van der Waals surface area contributed by atoms with Crippen LogP contribution >= 0.6 is 0 Å². The number of likely N-dealkylation sites (N-methyl/N-ethyl adjacent to an activating group) is 1. The minimum atomic E-state index is -3.27. The molecule has 3 rings (SSSR count). The van der Waals surface area contributed by atoms with Crippen LogP contribution in [-0.2, 0) is 4.79 Å². The normalized spacial score (nSPS) is 33.1. The number of nitrogens with zero attached hydrogens (tertiary/aromatic N) is 5. The minimum absolute atomic E-state index is 0.0153. The number of amides is 1. The van der Waals surface area contributed by atoms with E-state index in [9.17, 15) is 4.79 Å². The summed E-state index contributed by atoms with van der Waals surface area (Å²) in [6.07, 6.45) is 0.335. The molecule has 0 radical (unpaired) electrons. The maximum Gasteiger partial charge on any atom is 0.302 e. The lowest BCUT2D eigenvalue weighted by atomic mass is 9.92. The lowest BCUT2D eigenvalue weighted by molar-refractivity contribution is -0.130. The highest BCUT2D eigenvalue weighted by molar-refractivity contribution is 5.87. The first-order chi connectivity index (χ1) is 14.9. The second-order valence-corrected chi connectivity index (χ2v) is 5.03. The van der Waals surface area contributed by atoms with E-state index in [2.05, 4.69) is 19.8 Å². The van der Waals surface area contributed by atoms with E-state index < -0.39 is 57.1 Å². The van der Waals surface area contributed by atoms with Crippen molar-refractivity contribution in [3.05, 3.63) is 30.0 Å². The van der Waals surface area contributed by atoms with Crippen molar-refractivity contribution in [1.82, 2.24) is 19.9 Å². The van der Waals surface area contributed by atoms with Crippen molar-refractivity contribution in [2.24, 2.45) is 5.92 Å². The van der Waals surface area contributed by atoms with Gasteiger partial charge in [-0.05, 0) is 18.4 Å². The second kappa shape index (κ2) is 6.24. The Hall–Kier alpha value is -2.62. The third-order valence-corrected chi connectivity index (χ3v) is 3.52. The topological polar surface area (TPSA) is 69.5 Å². The summed E-state index contributed by atoms with van der Waals surface area (Å²) < 4.78 is 81.2. The molecule has 2 aromatic heterocycles. The lowest BCUT2D eigenvalue weighted by Gasteiger charge is -2.41. The zero-order valence-corrected chi connectivity index (χ0v) is 12.2. The van der Waals surface area contributed by atoms with Crippen LogP contribution in [-0.4, -0.2) is 58.3 Å². The summed E-state index contributed by atoms with van der Waals surface area (Å²) in [6, 6.07) is -0.308. The molecule has 3 heterocycles. The van der Waals surface area contributed by atoms with Gasteiger partial charge in [-0.15, -0.1) is 0 Å². The molecule has 0 aromatic carbocycles. The lowest BCUT2D eigenvalue weighted by Crippen LogP contribution is -2.53. The highest BCUT2D eigenvalue weighted by atomic mass is 16.2. The summed E-state index contributed by atoms with van der Waals surface area (Å²) >= 11 is 0. The molecule has 0 aliphatic carbocycles. The summed E-state index contributed by atoms with van der Waals surface area (Å²) in [5.74, 6) is -3.10. The Labute approximate surface area is 149 Å². The molecule has 0 bridgehead atoms. The van der Waals surface area contributed by atoms with Crippen LogP contribution in [0.4, 0.5) is 5.82 Å². The van der Waals surface area contributed by atoms with Crippen molar-refractivity contribution in [3.63, 3.8) is 0 Å². The Kier molecular flexibility index (Phi) is 1.98. The Morgan fingerprint density at radius 1 is 1.78 bits per heavy atom. The molecule has 7 nitrogen and oxygen atoms in total. The van der Waals surface area contributed by atoms with E-state index in [0.29, 0.717) is 4.90 Å². The molecule has 0 saturated carbocycles. The van der Waals surface area contributed by atoms with Crippen molar-refractivity contribution in [2.75, 3.05) is 31.4 Å². The zero-order chi connectivity index (χ0) is 25.1. The monoisotopic (exact) mass is 322 g/mol. The first-order valence-electron chi connectivity index (χ1n) is 11.8. The van der Waals surface area contributed by atoms with Crippen LogP contribution in [0, 0.1) is 12.5 Å². The van der Waals surface area contributed by atoms with E-state index in [1.54, 1.807) is 0 Å². The van der Waals surface area contributed by atoms with E-state index in [-0.39, 0.29) is 21.8 Å². The number of rotatable bonds is 3. The van der Waals surface area contributed by atoms with Gasteiger partial charge in [0.2, 0.25) is 0 Å². The number of hydrogen-bond acceptors (Lipinski definition) is 4. The molecule has 1 amide bonds. The largest absolute Gasteiger partial charge is 0.354 e. The SMILES string of the molecule is [2H]c1nc(N([C@@H]2[C@H](C)CC([2H])([2H])N(C(=O)C([2H])([2H])[N+]#[C-])C2([2H])[2H])C([2H])([2H])[2H])c2cc[nH]c2n1. The molecule has 1 aliphatic rings. The van der Waals surface area contributed by atoms with Gasteiger partial charge in [0.25, 0.3) is 6.50 Å². The molecule has 1 saturated heterocycles. The molecule has 2 aromatic rings. The first-order valence-corrected chi connectivity index (χ1v) is 6.79. The fraction of sp³-hybridized carbons (Fsp3) is 0.500. The number of carbonyl (C=O) groups excluding carboxylic acids is 1. The highest BCUT2D eigenvalue weighted by Crippen LogP contribution is 2.28. The van der Waals surface area contributed by atoms with Gasteiger partial charge >= 0.3 is 5.91 Å². The number of carbonyl (C=O) groups is 1. The van der Waals surface area contributed by atoms with E-state index in [1.807, 2.05) is 0 Å². The van der Waals surface area contributed by atoms with Crippen LogP contribution in [0.15, 0.2) is 18.6 Å². The van der Waals surface area contributed by atoms with Gasteiger partial charge in [0.05, 0.1) is 14.2 Å². The van der Waals surface area contributed by atoms with Crippen molar-refractivity contribution in [3.8, 4) is 0 Å². The van der Waals surface area contributed by atoms with Gasteiger partial charge in [0.15, 0.2) is 0 Å². The van der Waals surface area contributed by atoms with Crippen LogP contribution in [0.5, 0.6) is 0 Å². The van der Waals surface area contributed by atoms with Crippen molar-refractivity contribution in [1.29, 1.82) is 0 Å². The summed E-state index contributed by atoms with van der Waals surface area (Å²) in [5.41, 5.74) is 0.121. The standard InChI is InChI=1S/C16H20N6O/c1-11-5-7-22(14(23)8-17-2)9-13(11)21(3)16-12-4-6-18-15(12)19-10-20-16/h4,6,10-11,13H,5,7-9H2,1,3H3,(H,18,19,20)/t11-,13+/m1/s1/i3D3,7D2,8D2,9D2,10D. The summed E-state index contributed by atoms with van der Waals surface area (Å²) in [6.45, 7) is -3.81. The minimum Gasteiger partial charge on any atom is -0.354 e. The number of piperidine rings is 1. The molecule has 1 aliphatic heterocycles. The molecule has 120 valence electrons. The summed E-state index contributed by atoms with van der Waals surface area (Å²) in [4.78, 5) is 26.4. The van der Waals surface area contributed by atoms with Crippen LogP contribution in [0.1, 0.15) is 27.1 Å². The van der Waals surface area contributed by atoms with Crippen LogP contribution < -0.4 is 4.90 Å². The van der Waals surface area contributed by atoms with E-state index in [4.69, 9.17) is 20.3 Å². The van der Waals surface area contributed by atoms with Crippen molar-refractivity contribution < 1.29 is 18.5 Å². The average Bonchev–Trinajstić information content (AvgIpc) is 3.10. The third-order valence-electron chi connectivity index (χ3n) is 3.52. The predicted octanol–water partition coefficient (Wildman–Crippen LogP) is 1.55. The molecule has 0 unspecified atom stereocenters. The van der Waals surface area contributed by atoms with Crippen molar-refractivity contribution in [2.45, 2.75) is 19.4 Å². The van der Waals surface area contributed by atoms with Crippen LogP contribution in [0.25, 0.3) is 15.9 Å². The second-order valence-electron chi connectivity index (χ2n) is 5.03. The number of nitrogens with one attached hydrogen (secondary N) is 1. The zero-order valence-electron chi connectivity index (χ0n) is 22.2. The maximum atomic E-state index is 12.8. The Balaban J connectivity index is 2.27. The van der Waals surface area contributed by atoms with E-state index in [1.165, 1.54) is 19.2 Å². The van der Waals surface area contributed by atoms with E-state index in [0.717, 1.165) is 0 Å². The molecule has 0 spiro atoms. The molecule has 1 N–H and O–H groups in total. The van der Waals surface area contributed by atoms with Gasteiger partial charge in [-0.2, -0.15) is 0 Å². The summed E-state index contributed by atoms with van der Waals surface area (Å²) in [5, 5.41) is 0.160.